The Balaban J connectivity index is 1.11. The van der Waals surface area contributed by atoms with Crippen molar-refractivity contribution >= 4 is 23.4 Å². The molecule has 4 atom stereocenters. The molecule has 6 heterocycles. The summed E-state index contributed by atoms with van der Waals surface area (Å²) in [6.07, 6.45) is 6.54. The summed E-state index contributed by atoms with van der Waals surface area (Å²) in [5.41, 5.74) is 7.10. The molecule has 2 aromatic heterocycles. The van der Waals surface area contributed by atoms with Crippen LogP contribution in [0.4, 0.5) is 11.6 Å². The minimum Gasteiger partial charge on any atom is -0.486 e. The first-order valence-corrected chi connectivity index (χ1v) is 15.1. The molecule has 0 radical (unpaired) electrons. The van der Waals surface area contributed by atoms with Crippen molar-refractivity contribution in [2.75, 3.05) is 70.0 Å². The van der Waals surface area contributed by atoms with Gasteiger partial charge in [-0.2, -0.15) is 0 Å². The number of pyridine rings is 1. The van der Waals surface area contributed by atoms with Crippen molar-refractivity contribution < 1.29 is 28.8 Å². The van der Waals surface area contributed by atoms with Crippen molar-refractivity contribution in [2.24, 2.45) is 17.1 Å². The lowest BCUT2D eigenvalue weighted by molar-refractivity contribution is -0.124. The van der Waals surface area contributed by atoms with E-state index in [1.807, 2.05) is 12.3 Å². The quantitative estimate of drug-likeness (QED) is 0.310. The molecule has 0 saturated carbocycles. The maximum atomic E-state index is 10.2. The average Bonchev–Trinajstić information content (AvgIpc) is 3.54. The van der Waals surface area contributed by atoms with Gasteiger partial charge in [-0.05, 0) is 32.3 Å². The van der Waals surface area contributed by atoms with Crippen LogP contribution in [0.1, 0.15) is 31.9 Å². The summed E-state index contributed by atoms with van der Waals surface area (Å²) in [6, 6.07) is 2.26. The van der Waals surface area contributed by atoms with E-state index in [-0.39, 0.29) is 43.8 Å². The van der Waals surface area contributed by atoms with E-state index in [1.165, 1.54) is 11.8 Å². The van der Waals surface area contributed by atoms with Crippen molar-refractivity contribution in [1.29, 1.82) is 0 Å². The maximum absolute atomic E-state index is 10.2. The molecule has 3 N–H and O–H groups in total. The van der Waals surface area contributed by atoms with Crippen LogP contribution in [0.5, 0.6) is 5.75 Å². The highest BCUT2D eigenvalue weighted by atomic mass is 32.2. The fourth-order valence-corrected chi connectivity index (χ4v) is 7.39. The predicted octanol–water partition coefficient (Wildman–Crippen LogP) is 2.03. The molecule has 0 aromatic carbocycles. The van der Waals surface area contributed by atoms with E-state index in [2.05, 4.69) is 21.7 Å². The number of nitrogens with zero attached hydrogens (tertiary/aromatic N) is 5. The number of ether oxygens (including phenoxy) is 5. The normalized spacial score (nSPS) is 26.7. The van der Waals surface area contributed by atoms with Crippen LogP contribution in [0.25, 0.3) is 0 Å². The monoisotopic (exact) mass is 588 g/mol. The van der Waals surface area contributed by atoms with Crippen molar-refractivity contribution in [3.8, 4) is 5.75 Å². The van der Waals surface area contributed by atoms with E-state index in [1.54, 1.807) is 13.3 Å². The van der Waals surface area contributed by atoms with E-state index in [0.29, 0.717) is 36.5 Å². The average molecular weight is 589 g/mol. The van der Waals surface area contributed by atoms with Crippen molar-refractivity contribution in [2.45, 2.75) is 60.9 Å². The summed E-state index contributed by atoms with van der Waals surface area (Å²) in [5, 5.41) is 10.9. The zero-order valence-corrected chi connectivity index (χ0v) is 24.6. The fraction of sp³-hybridized carbons (Fsp3) is 0.679. The van der Waals surface area contributed by atoms with E-state index in [0.717, 1.165) is 61.2 Å². The number of aliphatic hydroxyl groups is 1. The molecule has 41 heavy (non-hydrogen) atoms. The zero-order valence-electron chi connectivity index (χ0n) is 23.7. The number of anilines is 2. The van der Waals surface area contributed by atoms with Gasteiger partial charge >= 0.3 is 0 Å². The molecule has 4 aliphatic heterocycles. The number of piperidine rings is 1. The number of hydrogen-bond acceptors (Lipinski definition) is 13. The van der Waals surface area contributed by atoms with Gasteiger partial charge in [-0.1, -0.05) is 11.8 Å². The third kappa shape index (κ3) is 5.85. The number of aromatic nitrogens is 3. The van der Waals surface area contributed by atoms with Crippen LogP contribution in [0.15, 0.2) is 28.4 Å². The van der Waals surface area contributed by atoms with Crippen molar-refractivity contribution in [1.82, 2.24) is 15.0 Å². The number of methoxy groups -OCH3 is 1. The molecule has 0 bridgehead atoms. The van der Waals surface area contributed by atoms with Gasteiger partial charge in [0.05, 0.1) is 43.1 Å². The number of rotatable bonds is 10. The maximum Gasteiger partial charge on any atom is 0.175 e. The summed E-state index contributed by atoms with van der Waals surface area (Å²) < 4.78 is 27.9. The van der Waals surface area contributed by atoms with Gasteiger partial charge in [0.15, 0.2) is 17.4 Å². The van der Waals surface area contributed by atoms with Crippen LogP contribution < -0.4 is 20.3 Å². The van der Waals surface area contributed by atoms with Crippen LogP contribution in [0.2, 0.25) is 0 Å². The second kappa shape index (κ2) is 12.5. The molecule has 3 saturated heterocycles. The molecule has 0 aliphatic carbocycles. The van der Waals surface area contributed by atoms with Crippen LogP contribution in [0, 0.1) is 11.3 Å². The molecular weight excluding hydrogens is 548 g/mol. The SMILES string of the molecule is COCOCOCC1C[C@H]2COc3c(Sc4cnc(N5CCC6(CC5)CO[C@@H](C)C6N)c(CO)n4)ccnc3N2C1. The minimum atomic E-state index is -0.182. The smallest absolute Gasteiger partial charge is 0.175 e. The summed E-state index contributed by atoms with van der Waals surface area (Å²) >= 11 is 1.48. The third-order valence-electron chi connectivity index (χ3n) is 8.83. The number of hydrogen-bond donors (Lipinski definition) is 2. The van der Waals surface area contributed by atoms with Crippen LogP contribution >= 0.6 is 11.8 Å². The minimum absolute atomic E-state index is 0.0266. The Labute approximate surface area is 244 Å². The van der Waals surface area contributed by atoms with Gasteiger partial charge in [-0.3, -0.25) is 0 Å². The van der Waals surface area contributed by atoms with Crippen molar-refractivity contribution in [3.63, 3.8) is 0 Å². The first-order chi connectivity index (χ1) is 20.0. The van der Waals surface area contributed by atoms with Crippen molar-refractivity contribution in [3.05, 3.63) is 24.2 Å². The van der Waals surface area contributed by atoms with Gasteiger partial charge in [0, 0.05) is 50.3 Å². The van der Waals surface area contributed by atoms with Gasteiger partial charge in [0.25, 0.3) is 0 Å². The molecule has 2 aromatic rings. The lowest BCUT2D eigenvalue weighted by Gasteiger charge is -2.41. The van der Waals surface area contributed by atoms with Crippen LogP contribution in [-0.2, 0) is 25.6 Å². The molecule has 6 rings (SSSR count). The predicted molar refractivity (Wildman–Crippen MR) is 152 cm³/mol. The first-order valence-electron chi connectivity index (χ1n) is 14.3. The Morgan fingerprint density at radius 2 is 2.05 bits per heavy atom. The van der Waals surface area contributed by atoms with Gasteiger partial charge in [0.1, 0.15) is 30.9 Å². The second-order valence-corrected chi connectivity index (χ2v) is 12.5. The number of aliphatic hydroxyl groups excluding tert-OH is 1. The van der Waals surface area contributed by atoms with E-state index >= 15 is 0 Å². The summed E-state index contributed by atoms with van der Waals surface area (Å²) in [7, 11) is 1.59. The second-order valence-electron chi connectivity index (χ2n) is 11.4. The molecule has 13 heteroatoms. The van der Waals surface area contributed by atoms with E-state index in [4.69, 9.17) is 39.4 Å². The van der Waals surface area contributed by atoms with Gasteiger partial charge in [-0.25, -0.2) is 15.0 Å². The lowest BCUT2D eigenvalue weighted by atomic mass is 9.73. The zero-order chi connectivity index (χ0) is 28.4. The number of fused-ring (bicyclic) bond motifs is 3. The van der Waals surface area contributed by atoms with Gasteiger partial charge < -0.3 is 44.3 Å². The Bertz CT molecular complexity index is 1200. The lowest BCUT2D eigenvalue weighted by Crippen LogP contribution is -2.51. The van der Waals surface area contributed by atoms with Crippen LogP contribution in [0.3, 0.4) is 0 Å². The standard InChI is InChI=1S/C28H40N6O6S/c1-18-25(29)28(15-40-18)4-7-33(8-5-28)26-21(12-35)32-23(10-31-26)41-22-3-6-30-27-24(22)39-14-20-9-19(11-34(20)27)13-37-17-38-16-36-2/h3,6,10,18-20,25,35H,4-5,7-9,11-17,29H2,1-2H3/t18-,19?,20-,25?/m0/s1. The summed E-state index contributed by atoms with van der Waals surface area (Å²) in [6.45, 7) is 6.72. The molecule has 2 unspecified atom stereocenters. The number of nitrogens with two attached hydrogens (primary N) is 1. The van der Waals surface area contributed by atoms with Gasteiger partial charge in [-0.15, -0.1) is 0 Å². The Kier molecular flexibility index (Phi) is 8.82. The van der Waals surface area contributed by atoms with E-state index < -0.39 is 0 Å². The first kappa shape index (κ1) is 28.8. The summed E-state index contributed by atoms with van der Waals surface area (Å²) in [4.78, 5) is 19.7. The molecule has 4 aliphatic rings. The molecule has 0 amide bonds. The highest BCUT2D eigenvalue weighted by Crippen LogP contribution is 2.45. The van der Waals surface area contributed by atoms with E-state index in [9.17, 15) is 5.11 Å². The Morgan fingerprint density at radius 1 is 1.20 bits per heavy atom. The third-order valence-corrected chi connectivity index (χ3v) is 9.78. The molecule has 1 spiro atoms. The Hall–Kier alpha value is -2.26. The van der Waals surface area contributed by atoms with Gasteiger partial charge in [0.2, 0.25) is 0 Å². The molecular formula is C28H40N6O6S. The largest absolute Gasteiger partial charge is 0.486 e. The highest BCUT2D eigenvalue weighted by molar-refractivity contribution is 7.99. The topological polar surface area (TPSA) is 138 Å². The molecule has 224 valence electrons. The Morgan fingerprint density at radius 3 is 2.80 bits per heavy atom. The molecule has 3 fully saturated rings. The highest BCUT2D eigenvalue weighted by Gasteiger charge is 2.48. The van der Waals surface area contributed by atoms with Crippen LogP contribution in [-0.4, -0.2) is 98.4 Å². The summed E-state index contributed by atoms with van der Waals surface area (Å²) in [5.74, 6) is 2.72. The fourth-order valence-electron chi connectivity index (χ4n) is 6.53. The molecule has 12 nitrogen and oxygen atoms in total.